The summed E-state index contributed by atoms with van der Waals surface area (Å²) in [5.74, 6) is 0. The predicted molar refractivity (Wildman–Crippen MR) is 73.7 cm³/mol. The van der Waals surface area contributed by atoms with Gasteiger partial charge in [0.15, 0.2) is 0 Å². The molecule has 2 aliphatic heterocycles. The molecule has 2 fully saturated rings. The zero-order chi connectivity index (χ0) is 12.8. The van der Waals surface area contributed by atoms with E-state index in [4.69, 9.17) is 0 Å². The smallest absolute Gasteiger partial charge is 0.0717 e. The summed E-state index contributed by atoms with van der Waals surface area (Å²) in [6, 6.07) is 7.66. The van der Waals surface area contributed by atoms with Crippen molar-refractivity contribution in [2.75, 3.05) is 0 Å². The predicted octanol–water partition coefficient (Wildman–Crippen LogP) is 2.49. The third-order valence-corrected chi connectivity index (χ3v) is 4.69. The highest BCUT2D eigenvalue weighted by molar-refractivity contribution is 5.31. The van der Waals surface area contributed by atoms with Crippen LogP contribution in [0.3, 0.4) is 0 Å². The van der Waals surface area contributed by atoms with Crippen molar-refractivity contribution in [1.29, 1.82) is 0 Å². The Labute approximate surface area is 109 Å². The molecule has 18 heavy (non-hydrogen) atoms. The number of nitrogens with one attached hydrogen (secondary N) is 1. The topological polar surface area (TPSA) is 32.3 Å². The number of aryl methyl sites for hydroxylation is 2. The fraction of sp³-hybridized carbons (Fsp3) is 0.625. The summed E-state index contributed by atoms with van der Waals surface area (Å²) in [6.45, 7) is 4.29. The van der Waals surface area contributed by atoms with E-state index < -0.39 is 5.60 Å². The number of hydrogen-bond donors (Lipinski definition) is 2. The van der Waals surface area contributed by atoms with Crippen molar-refractivity contribution in [1.82, 2.24) is 5.32 Å². The minimum atomic E-state index is -0.487. The van der Waals surface area contributed by atoms with Gasteiger partial charge in [0, 0.05) is 18.5 Å². The van der Waals surface area contributed by atoms with Crippen LogP contribution < -0.4 is 5.32 Å². The molecule has 2 nitrogen and oxygen atoms in total. The first kappa shape index (κ1) is 12.2. The van der Waals surface area contributed by atoms with Crippen LogP contribution in [0.5, 0.6) is 0 Å². The van der Waals surface area contributed by atoms with E-state index in [1.54, 1.807) is 0 Å². The van der Waals surface area contributed by atoms with Gasteiger partial charge in [-0.3, -0.25) is 0 Å². The maximum absolute atomic E-state index is 10.8. The molecular weight excluding hydrogens is 222 g/mol. The quantitative estimate of drug-likeness (QED) is 0.839. The van der Waals surface area contributed by atoms with Crippen molar-refractivity contribution in [3.8, 4) is 0 Å². The van der Waals surface area contributed by atoms with Gasteiger partial charge in [0.1, 0.15) is 0 Å². The average molecular weight is 245 g/mol. The lowest BCUT2D eigenvalue weighted by molar-refractivity contribution is -0.00609. The van der Waals surface area contributed by atoms with Crippen molar-refractivity contribution < 1.29 is 5.11 Å². The summed E-state index contributed by atoms with van der Waals surface area (Å²) >= 11 is 0. The molecule has 2 unspecified atom stereocenters. The summed E-state index contributed by atoms with van der Waals surface area (Å²) in [4.78, 5) is 0. The van der Waals surface area contributed by atoms with E-state index in [0.717, 1.165) is 19.3 Å². The van der Waals surface area contributed by atoms with Crippen LogP contribution in [0.2, 0.25) is 0 Å². The standard InChI is InChI=1S/C16H23NO/c1-11-3-4-13(7-12(11)2)8-16(18)9-14-5-6-15(10-16)17-14/h3-4,7,14-15,17-18H,5-6,8-10H2,1-2H3. The molecule has 2 aliphatic rings. The van der Waals surface area contributed by atoms with Crippen LogP contribution in [0.4, 0.5) is 0 Å². The number of hydrogen-bond acceptors (Lipinski definition) is 2. The molecule has 2 atom stereocenters. The van der Waals surface area contributed by atoms with E-state index in [0.29, 0.717) is 12.1 Å². The normalized spacial score (nSPS) is 34.8. The van der Waals surface area contributed by atoms with Crippen molar-refractivity contribution >= 4 is 0 Å². The third-order valence-electron chi connectivity index (χ3n) is 4.69. The molecule has 0 aliphatic carbocycles. The summed E-state index contributed by atoms with van der Waals surface area (Å²) in [5, 5.41) is 14.4. The summed E-state index contributed by atoms with van der Waals surface area (Å²) < 4.78 is 0. The molecule has 2 heterocycles. The SMILES string of the molecule is Cc1ccc(CC2(O)CC3CCC(C2)N3)cc1C. The molecule has 98 valence electrons. The molecule has 0 aromatic heterocycles. The molecule has 0 amide bonds. The minimum absolute atomic E-state index is 0.487. The van der Waals surface area contributed by atoms with E-state index in [1.807, 2.05) is 0 Å². The number of aliphatic hydroxyl groups is 1. The Hall–Kier alpha value is -0.860. The zero-order valence-corrected chi connectivity index (χ0v) is 11.4. The maximum atomic E-state index is 10.8. The third kappa shape index (κ3) is 2.32. The van der Waals surface area contributed by atoms with Crippen molar-refractivity contribution in [3.05, 3.63) is 34.9 Å². The molecule has 2 bridgehead atoms. The van der Waals surface area contributed by atoms with Gasteiger partial charge in [-0.1, -0.05) is 18.2 Å². The van der Waals surface area contributed by atoms with Gasteiger partial charge in [-0.2, -0.15) is 0 Å². The second-order valence-corrected chi connectivity index (χ2v) is 6.37. The molecule has 0 radical (unpaired) electrons. The van der Waals surface area contributed by atoms with Gasteiger partial charge in [0.05, 0.1) is 5.60 Å². The molecule has 2 N–H and O–H groups in total. The van der Waals surface area contributed by atoms with Crippen LogP contribution in [-0.2, 0) is 6.42 Å². The molecule has 1 aromatic rings. The van der Waals surface area contributed by atoms with Crippen molar-refractivity contribution in [2.24, 2.45) is 0 Å². The molecule has 0 spiro atoms. The first-order chi connectivity index (χ1) is 8.54. The summed E-state index contributed by atoms with van der Waals surface area (Å²) in [6.07, 6.45) is 5.11. The molecular formula is C16H23NO. The lowest BCUT2D eigenvalue weighted by Gasteiger charge is -2.37. The summed E-state index contributed by atoms with van der Waals surface area (Å²) in [5.41, 5.74) is 3.45. The monoisotopic (exact) mass is 245 g/mol. The Morgan fingerprint density at radius 1 is 1.17 bits per heavy atom. The molecule has 3 rings (SSSR count). The van der Waals surface area contributed by atoms with Crippen LogP contribution >= 0.6 is 0 Å². The Morgan fingerprint density at radius 2 is 1.83 bits per heavy atom. The molecule has 2 saturated heterocycles. The zero-order valence-electron chi connectivity index (χ0n) is 11.4. The van der Waals surface area contributed by atoms with Crippen molar-refractivity contribution in [2.45, 2.75) is 63.6 Å². The van der Waals surface area contributed by atoms with Crippen LogP contribution in [0.25, 0.3) is 0 Å². The Balaban J connectivity index is 1.77. The van der Waals surface area contributed by atoms with Gasteiger partial charge in [0.25, 0.3) is 0 Å². The minimum Gasteiger partial charge on any atom is -0.389 e. The maximum Gasteiger partial charge on any atom is 0.0717 e. The first-order valence-corrected chi connectivity index (χ1v) is 7.09. The second kappa shape index (κ2) is 4.36. The Bertz CT molecular complexity index is 442. The molecule has 0 saturated carbocycles. The Morgan fingerprint density at radius 3 is 2.44 bits per heavy atom. The first-order valence-electron chi connectivity index (χ1n) is 7.09. The lowest BCUT2D eigenvalue weighted by atomic mass is 9.82. The molecule has 1 aromatic carbocycles. The number of rotatable bonds is 2. The van der Waals surface area contributed by atoms with Gasteiger partial charge in [0.2, 0.25) is 0 Å². The Kier molecular flexibility index (Phi) is 2.95. The van der Waals surface area contributed by atoms with Crippen LogP contribution in [-0.4, -0.2) is 22.8 Å². The van der Waals surface area contributed by atoms with E-state index in [2.05, 4.69) is 37.4 Å². The van der Waals surface area contributed by atoms with Crippen LogP contribution in [0.1, 0.15) is 42.4 Å². The van der Waals surface area contributed by atoms with E-state index >= 15 is 0 Å². The summed E-state index contributed by atoms with van der Waals surface area (Å²) in [7, 11) is 0. The van der Waals surface area contributed by atoms with Gasteiger partial charge in [-0.15, -0.1) is 0 Å². The van der Waals surface area contributed by atoms with Gasteiger partial charge in [-0.25, -0.2) is 0 Å². The van der Waals surface area contributed by atoms with Gasteiger partial charge in [-0.05, 0) is 56.2 Å². The largest absolute Gasteiger partial charge is 0.389 e. The second-order valence-electron chi connectivity index (χ2n) is 6.37. The highest BCUT2D eigenvalue weighted by Gasteiger charge is 2.42. The average Bonchev–Trinajstić information content (AvgIpc) is 2.64. The lowest BCUT2D eigenvalue weighted by Crippen LogP contribution is -2.49. The fourth-order valence-corrected chi connectivity index (χ4v) is 3.66. The van der Waals surface area contributed by atoms with Crippen LogP contribution in [0.15, 0.2) is 18.2 Å². The number of piperidine rings is 1. The van der Waals surface area contributed by atoms with Crippen molar-refractivity contribution in [3.63, 3.8) is 0 Å². The fourth-order valence-electron chi connectivity index (χ4n) is 3.66. The van der Waals surface area contributed by atoms with E-state index in [1.165, 1.54) is 29.5 Å². The number of benzene rings is 1. The highest BCUT2D eigenvalue weighted by atomic mass is 16.3. The highest BCUT2D eigenvalue weighted by Crippen LogP contribution is 2.36. The van der Waals surface area contributed by atoms with E-state index in [9.17, 15) is 5.11 Å². The molecule has 2 heteroatoms. The van der Waals surface area contributed by atoms with Gasteiger partial charge >= 0.3 is 0 Å². The van der Waals surface area contributed by atoms with Crippen LogP contribution in [0, 0.1) is 13.8 Å². The number of fused-ring (bicyclic) bond motifs is 2. The van der Waals surface area contributed by atoms with E-state index in [-0.39, 0.29) is 0 Å². The van der Waals surface area contributed by atoms with Gasteiger partial charge < -0.3 is 10.4 Å².